The lowest BCUT2D eigenvalue weighted by molar-refractivity contribution is -0.116. The molecule has 2 heterocycles. The zero-order chi connectivity index (χ0) is 14.4. The van der Waals surface area contributed by atoms with Crippen LogP contribution in [0.4, 0.5) is 5.69 Å². The van der Waals surface area contributed by atoms with Gasteiger partial charge in [-0.2, -0.15) is 5.10 Å². The number of aromatic nitrogens is 4. The molecule has 0 aliphatic carbocycles. The molecule has 0 fully saturated rings. The van der Waals surface area contributed by atoms with Crippen molar-refractivity contribution >= 4 is 11.6 Å². The zero-order valence-corrected chi connectivity index (χ0v) is 11.4. The van der Waals surface area contributed by atoms with Gasteiger partial charge in [0.25, 0.3) is 0 Å². The predicted molar refractivity (Wildman–Crippen MR) is 75.2 cm³/mol. The van der Waals surface area contributed by atoms with Crippen LogP contribution in [0.5, 0.6) is 0 Å². The number of nitrogens with zero attached hydrogens (tertiary/aromatic N) is 4. The molecule has 20 heavy (non-hydrogen) atoms. The topological polar surface area (TPSA) is 98.7 Å². The Morgan fingerprint density at radius 1 is 1.55 bits per heavy atom. The Morgan fingerprint density at radius 2 is 2.40 bits per heavy atom. The second-order valence-electron chi connectivity index (χ2n) is 4.64. The largest absolute Gasteiger partial charge is 0.330 e. The summed E-state index contributed by atoms with van der Waals surface area (Å²) in [4.78, 5) is 20.0. The van der Waals surface area contributed by atoms with Crippen molar-refractivity contribution in [3.05, 3.63) is 31.0 Å². The van der Waals surface area contributed by atoms with E-state index in [1.54, 1.807) is 18.3 Å². The molecular formula is C13H18N6O. The molecule has 2 aromatic rings. The smallest absolute Gasteiger partial charge is 0.224 e. The maximum Gasteiger partial charge on any atom is 0.224 e. The highest BCUT2D eigenvalue weighted by atomic mass is 16.1. The van der Waals surface area contributed by atoms with E-state index in [1.165, 1.54) is 17.3 Å². The van der Waals surface area contributed by atoms with Crippen molar-refractivity contribution < 1.29 is 4.79 Å². The zero-order valence-electron chi connectivity index (χ0n) is 11.4. The van der Waals surface area contributed by atoms with Crippen LogP contribution in [0.1, 0.15) is 19.8 Å². The number of rotatable bonds is 6. The van der Waals surface area contributed by atoms with E-state index in [2.05, 4.69) is 20.4 Å². The number of hydrogen-bond donors (Lipinski definition) is 2. The first-order chi connectivity index (χ1) is 9.70. The van der Waals surface area contributed by atoms with Crippen LogP contribution >= 0.6 is 0 Å². The summed E-state index contributed by atoms with van der Waals surface area (Å²) in [6.07, 6.45) is 5.80. The molecule has 0 aliphatic heterocycles. The van der Waals surface area contributed by atoms with Crippen molar-refractivity contribution in [1.29, 1.82) is 0 Å². The van der Waals surface area contributed by atoms with E-state index in [0.717, 1.165) is 6.42 Å². The van der Waals surface area contributed by atoms with Crippen LogP contribution in [-0.2, 0) is 4.79 Å². The second kappa shape index (κ2) is 6.76. The summed E-state index contributed by atoms with van der Waals surface area (Å²) in [5, 5.41) is 6.86. The Bertz CT molecular complexity index is 554. The van der Waals surface area contributed by atoms with E-state index in [-0.39, 0.29) is 5.91 Å². The minimum atomic E-state index is -0.0559. The van der Waals surface area contributed by atoms with Gasteiger partial charge in [0.05, 0.1) is 5.69 Å². The summed E-state index contributed by atoms with van der Waals surface area (Å²) in [5.41, 5.74) is 6.15. The average molecular weight is 274 g/mol. The van der Waals surface area contributed by atoms with Crippen LogP contribution in [0.3, 0.4) is 0 Å². The Balaban J connectivity index is 2.04. The lowest BCUT2D eigenvalue weighted by atomic mass is 10.1. The van der Waals surface area contributed by atoms with Crippen molar-refractivity contribution in [3.63, 3.8) is 0 Å². The first-order valence-corrected chi connectivity index (χ1v) is 6.50. The lowest BCUT2D eigenvalue weighted by Crippen LogP contribution is -2.17. The van der Waals surface area contributed by atoms with Crippen LogP contribution in [-0.4, -0.2) is 32.2 Å². The molecule has 0 spiro atoms. The number of amides is 1. The summed E-state index contributed by atoms with van der Waals surface area (Å²) >= 11 is 0. The van der Waals surface area contributed by atoms with Gasteiger partial charge in [-0.25, -0.2) is 14.6 Å². The molecule has 7 nitrogen and oxygen atoms in total. The standard InChI is InChI=1S/C13H18N6O/c1-10(7-14)4-5-12(20)18-11-3-2-6-16-13(11)19-9-15-8-17-19/h2-3,6,8-10H,4-5,7,14H2,1H3,(H,18,20). The van der Waals surface area contributed by atoms with Crippen LogP contribution in [0.15, 0.2) is 31.0 Å². The van der Waals surface area contributed by atoms with E-state index in [0.29, 0.717) is 30.4 Å². The Hall–Kier alpha value is -2.28. The predicted octanol–water partition coefficient (Wildman–Crippen LogP) is 0.976. The summed E-state index contributed by atoms with van der Waals surface area (Å²) in [6.45, 7) is 2.61. The number of anilines is 1. The number of hydrogen-bond acceptors (Lipinski definition) is 5. The van der Waals surface area contributed by atoms with E-state index in [4.69, 9.17) is 5.73 Å². The SMILES string of the molecule is CC(CN)CCC(=O)Nc1cccnc1-n1cncn1. The quantitative estimate of drug-likeness (QED) is 0.818. The molecule has 0 aliphatic rings. The van der Waals surface area contributed by atoms with Crippen molar-refractivity contribution in [2.24, 2.45) is 11.7 Å². The molecule has 0 saturated heterocycles. The number of nitrogens with two attached hydrogens (primary N) is 1. The first-order valence-electron chi connectivity index (χ1n) is 6.50. The molecule has 0 aromatic carbocycles. The summed E-state index contributed by atoms with van der Waals surface area (Å²) < 4.78 is 1.51. The molecule has 1 unspecified atom stereocenters. The van der Waals surface area contributed by atoms with Crippen molar-refractivity contribution in [2.75, 3.05) is 11.9 Å². The van der Waals surface area contributed by atoms with Gasteiger partial charge in [0.1, 0.15) is 12.7 Å². The fraction of sp³-hybridized carbons (Fsp3) is 0.385. The minimum Gasteiger partial charge on any atom is -0.330 e. The lowest BCUT2D eigenvalue weighted by Gasteiger charge is -2.11. The Labute approximate surface area is 117 Å². The molecule has 1 amide bonds. The minimum absolute atomic E-state index is 0.0559. The van der Waals surface area contributed by atoms with Crippen LogP contribution < -0.4 is 11.1 Å². The number of carbonyl (C=O) groups excluding carboxylic acids is 1. The molecule has 2 rings (SSSR count). The molecule has 0 saturated carbocycles. The Kier molecular flexibility index (Phi) is 4.78. The molecule has 0 radical (unpaired) electrons. The highest BCUT2D eigenvalue weighted by molar-refractivity contribution is 5.92. The maximum absolute atomic E-state index is 11.9. The van der Waals surface area contributed by atoms with Gasteiger partial charge in [0, 0.05) is 12.6 Å². The van der Waals surface area contributed by atoms with Gasteiger partial charge in [-0.1, -0.05) is 6.92 Å². The van der Waals surface area contributed by atoms with E-state index < -0.39 is 0 Å². The number of carbonyl (C=O) groups is 1. The van der Waals surface area contributed by atoms with E-state index in [9.17, 15) is 4.79 Å². The second-order valence-corrected chi connectivity index (χ2v) is 4.64. The molecule has 7 heteroatoms. The molecule has 2 aromatic heterocycles. The highest BCUT2D eigenvalue weighted by Crippen LogP contribution is 2.16. The normalized spacial score (nSPS) is 12.1. The molecular weight excluding hydrogens is 256 g/mol. The third kappa shape index (κ3) is 3.61. The average Bonchev–Trinajstić information content (AvgIpc) is 2.99. The van der Waals surface area contributed by atoms with Crippen molar-refractivity contribution in [3.8, 4) is 5.82 Å². The van der Waals surface area contributed by atoms with Crippen LogP contribution in [0.25, 0.3) is 5.82 Å². The maximum atomic E-state index is 11.9. The fourth-order valence-corrected chi connectivity index (χ4v) is 1.70. The van der Waals surface area contributed by atoms with Gasteiger partial charge < -0.3 is 11.1 Å². The van der Waals surface area contributed by atoms with Crippen molar-refractivity contribution in [1.82, 2.24) is 19.7 Å². The van der Waals surface area contributed by atoms with Gasteiger partial charge in [0.15, 0.2) is 5.82 Å². The summed E-state index contributed by atoms with van der Waals surface area (Å²) in [7, 11) is 0. The van der Waals surface area contributed by atoms with Crippen LogP contribution in [0.2, 0.25) is 0 Å². The van der Waals surface area contributed by atoms with Crippen molar-refractivity contribution in [2.45, 2.75) is 19.8 Å². The van der Waals surface area contributed by atoms with Gasteiger partial charge in [-0.05, 0) is 31.0 Å². The van der Waals surface area contributed by atoms with Gasteiger partial charge in [-0.15, -0.1) is 0 Å². The molecule has 1 atom stereocenters. The van der Waals surface area contributed by atoms with E-state index >= 15 is 0 Å². The number of pyridine rings is 1. The monoisotopic (exact) mass is 274 g/mol. The van der Waals surface area contributed by atoms with Gasteiger partial charge in [-0.3, -0.25) is 4.79 Å². The Morgan fingerprint density at radius 3 is 3.10 bits per heavy atom. The van der Waals surface area contributed by atoms with Gasteiger partial charge in [0.2, 0.25) is 5.91 Å². The third-order valence-electron chi connectivity index (χ3n) is 2.96. The summed E-state index contributed by atoms with van der Waals surface area (Å²) in [6, 6.07) is 3.55. The molecule has 106 valence electrons. The number of nitrogens with one attached hydrogen (secondary N) is 1. The van der Waals surface area contributed by atoms with E-state index in [1.807, 2.05) is 6.92 Å². The summed E-state index contributed by atoms with van der Waals surface area (Å²) in [5.74, 6) is 0.828. The third-order valence-corrected chi connectivity index (χ3v) is 2.96. The molecule has 0 bridgehead atoms. The van der Waals surface area contributed by atoms with Gasteiger partial charge >= 0.3 is 0 Å². The first kappa shape index (κ1) is 14.1. The highest BCUT2D eigenvalue weighted by Gasteiger charge is 2.10. The van der Waals surface area contributed by atoms with Crippen LogP contribution in [0, 0.1) is 5.92 Å². The molecule has 3 N–H and O–H groups in total. The fourth-order valence-electron chi connectivity index (χ4n) is 1.70.